The zero-order chi connectivity index (χ0) is 14.6. The Bertz CT molecular complexity index is 490. The minimum atomic E-state index is -5.05. The lowest BCUT2D eigenvalue weighted by Crippen LogP contribution is -2.39. The summed E-state index contributed by atoms with van der Waals surface area (Å²) in [4.78, 5) is 21.5. The summed E-state index contributed by atoms with van der Waals surface area (Å²) >= 11 is 3.12. The molecule has 2 N–H and O–H groups in total. The molecule has 8 heteroatoms. The van der Waals surface area contributed by atoms with Crippen LogP contribution in [0.2, 0.25) is 0 Å². The van der Waals surface area contributed by atoms with Gasteiger partial charge in [-0.25, -0.2) is 0 Å². The van der Waals surface area contributed by atoms with E-state index in [9.17, 15) is 22.8 Å². The van der Waals surface area contributed by atoms with Crippen molar-refractivity contribution in [3.63, 3.8) is 0 Å². The molecule has 0 aliphatic rings. The molecular weight excluding hydrogens is 331 g/mol. The van der Waals surface area contributed by atoms with E-state index in [1.807, 2.05) is 0 Å². The van der Waals surface area contributed by atoms with Crippen LogP contribution in [0, 0.1) is 0 Å². The fraction of sp³-hybridized carbons (Fsp3) is 0.273. The highest BCUT2D eigenvalue weighted by Crippen LogP contribution is 2.23. The zero-order valence-corrected chi connectivity index (χ0v) is 11.0. The topological polar surface area (TPSA) is 66.4 Å². The number of halogens is 4. The van der Waals surface area contributed by atoms with Gasteiger partial charge in [-0.2, -0.15) is 13.2 Å². The van der Waals surface area contributed by atoms with Crippen LogP contribution in [0.3, 0.4) is 0 Å². The lowest BCUT2D eigenvalue weighted by Gasteiger charge is -2.18. The Morgan fingerprint density at radius 3 is 2.47 bits per heavy atom. The molecule has 1 atom stereocenters. The van der Waals surface area contributed by atoms with E-state index < -0.39 is 30.5 Å². The van der Waals surface area contributed by atoms with Gasteiger partial charge in [0.2, 0.25) is 0 Å². The van der Waals surface area contributed by atoms with Gasteiger partial charge in [0.05, 0.1) is 12.5 Å². The lowest BCUT2D eigenvalue weighted by atomic mass is 10.0. The summed E-state index contributed by atoms with van der Waals surface area (Å²) in [6.45, 7) is 0. The van der Waals surface area contributed by atoms with Gasteiger partial charge < -0.3 is 10.4 Å². The second kappa shape index (κ2) is 6.05. The molecular formula is C11H9BrF3NO3. The van der Waals surface area contributed by atoms with Crippen LogP contribution in [-0.4, -0.2) is 23.2 Å². The predicted molar refractivity (Wildman–Crippen MR) is 63.3 cm³/mol. The number of carbonyl (C=O) groups excluding carboxylic acids is 1. The molecule has 0 aliphatic carbocycles. The monoisotopic (exact) mass is 339 g/mol. The van der Waals surface area contributed by atoms with Crippen LogP contribution in [0.15, 0.2) is 28.7 Å². The molecule has 0 saturated heterocycles. The number of amides is 1. The fourth-order valence-electron chi connectivity index (χ4n) is 1.39. The van der Waals surface area contributed by atoms with Crippen molar-refractivity contribution in [2.75, 3.05) is 0 Å². The third-order valence-corrected chi connectivity index (χ3v) is 2.69. The number of benzene rings is 1. The van der Waals surface area contributed by atoms with Gasteiger partial charge in [0.25, 0.3) is 0 Å². The van der Waals surface area contributed by atoms with Crippen molar-refractivity contribution < 1.29 is 27.9 Å². The molecule has 1 unspecified atom stereocenters. The number of hydrogen-bond donors (Lipinski definition) is 2. The highest BCUT2D eigenvalue weighted by atomic mass is 79.9. The smallest absolute Gasteiger partial charge is 0.471 e. The van der Waals surface area contributed by atoms with E-state index in [2.05, 4.69) is 15.9 Å². The van der Waals surface area contributed by atoms with E-state index >= 15 is 0 Å². The van der Waals surface area contributed by atoms with Gasteiger partial charge in [-0.3, -0.25) is 9.59 Å². The average Bonchev–Trinajstić information content (AvgIpc) is 2.26. The van der Waals surface area contributed by atoms with Crippen LogP contribution in [0.5, 0.6) is 0 Å². The third-order valence-electron chi connectivity index (χ3n) is 2.19. The highest BCUT2D eigenvalue weighted by Gasteiger charge is 2.40. The van der Waals surface area contributed by atoms with Crippen molar-refractivity contribution in [2.45, 2.75) is 18.6 Å². The number of hydrogen-bond acceptors (Lipinski definition) is 2. The molecule has 19 heavy (non-hydrogen) atoms. The van der Waals surface area contributed by atoms with E-state index in [4.69, 9.17) is 5.11 Å². The maximum absolute atomic E-state index is 12.2. The number of carbonyl (C=O) groups is 2. The number of carboxylic acids is 1. The van der Waals surface area contributed by atoms with Crippen LogP contribution >= 0.6 is 15.9 Å². The Hall–Kier alpha value is -1.57. The first-order valence-corrected chi connectivity index (χ1v) is 5.84. The first-order chi connectivity index (χ1) is 8.70. The van der Waals surface area contributed by atoms with E-state index in [0.717, 1.165) is 0 Å². The molecule has 0 aliphatic heterocycles. The predicted octanol–water partition coefficient (Wildman–Crippen LogP) is 2.64. The van der Waals surface area contributed by atoms with Gasteiger partial charge in [0.1, 0.15) is 0 Å². The summed E-state index contributed by atoms with van der Waals surface area (Å²) in [5.41, 5.74) is 0.273. The highest BCUT2D eigenvalue weighted by molar-refractivity contribution is 9.10. The van der Waals surface area contributed by atoms with Crippen molar-refractivity contribution >= 4 is 27.8 Å². The van der Waals surface area contributed by atoms with Crippen LogP contribution in [0.25, 0.3) is 0 Å². The quantitative estimate of drug-likeness (QED) is 0.886. The molecule has 1 aromatic carbocycles. The number of alkyl halides is 3. The molecule has 0 fully saturated rings. The Balaban J connectivity index is 2.96. The molecule has 1 rings (SSSR count). The molecule has 0 heterocycles. The average molecular weight is 340 g/mol. The summed E-state index contributed by atoms with van der Waals surface area (Å²) in [5.74, 6) is -3.48. The van der Waals surface area contributed by atoms with Crippen LogP contribution < -0.4 is 5.32 Å². The molecule has 104 valence electrons. The largest absolute Gasteiger partial charge is 0.481 e. The summed E-state index contributed by atoms with van der Waals surface area (Å²) in [6, 6.07) is 4.81. The first kappa shape index (κ1) is 15.5. The van der Waals surface area contributed by atoms with Crippen molar-refractivity contribution in [3.8, 4) is 0 Å². The van der Waals surface area contributed by atoms with Gasteiger partial charge in [-0.15, -0.1) is 0 Å². The second-order valence-corrected chi connectivity index (χ2v) is 4.59. The number of carboxylic acid groups (broad SMARTS) is 1. The molecule has 1 aromatic rings. The van der Waals surface area contributed by atoms with Gasteiger partial charge >= 0.3 is 18.1 Å². The van der Waals surface area contributed by atoms with Gasteiger partial charge in [-0.05, 0) is 17.7 Å². The molecule has 0 bridgehead atoms. The molecule has 0 aromatic heterocycles. The molecule has 0 saturated carbocycles. The van der Waals surface area contributed by atoms with Gasteiger partial charge in [-0.1, -0.05) is 28.1 Å². The van der Waals surface area contributed by atoms with E-state index in [1.165, 1.54) is 18.2 Å². The Labute approximate surface area is 114 Å². The normalized spacial score (nSPS) is 12.8. The fourth-order valence-corrected chi connectivity index (χ4v) is 1.81. The second-order valence-electron chi connectivity index (χ2n) is 3.68. The maximum atomic E-state index is 12.2. The minimum Gasteiger partial charge on any atom is -0.481 e. The summed E-state index contributed by atoms with van der Waals surface area (Å²) in [7, 11) is 0. The molecule has 1 amide bonds. The van der Waals surface area contributed by atoms with Crippen molar-refractivity contribution in [3.05, 3.63) is 34.3 Å². The van der Waals surface area contributed by atoms with E-state index in [1.54, 1.807) is 11.4 Å². The SMILES string of the molecule is O=C(O)CC(NC(=O)C(F)(F)F)c1cccc(Br)c1. The van der Waals surface area contributed by atoms with Gasteiger partial charge in [0, 0.05) is 4.47 Å². The van der Waals surface area contributed by atoms with Crippen molar-refractivity contribution in [1.82, 2.24) is 5.32 Å². The van der Waals surface area contributed by atoms with Crippen LogP contribution in [0.1, 0.15) is 18.0 Å². The zero-order valence-electron chi connectivity index (χ0n) is 9.37. The molecule has 0 spiro atoms. The van der Waals surface area contributed by atoms with E-state index in [-0.39, 0.29) is 5.56 Å². The summed E-state index contributed by atoms with van der Waals surface area (Å²) in [6.07, 6.45) is -5.69. The van der Waals surface area contributed by atoms with Crippen molar-refractivity contribution in [2.24, 2.45) is 0 Å². The number of nitrogens with one attached hydrogen (secondary N) is 1. The van der Waals surface area contributed by atoms with Gasteiger partial charge in [0.15, 0.2) is 0 Å². The first-order valence-electron chi connectivity index (χ1n) is 5.05. The standard InChI is InChI=1S/C11H9BrF3NO3/c12-7-3-1-2-6(4-7)8(5-9(17)18)16-10(19)11(13,14)15/h1-4,8H,5H2,(H,16,19)(H,17,18). The molecule has 0 radical (unpaired) electrons. The van der Waals surface area contributed by atoms with E-state index in [0.29, 0.717) is 4.47 Å². The number of rotatable bonds is 4. The lowest BCUT2D eigenvalue weighted by molar-refractivity contribution is -0.174. The van der Waals surface area contributed by atoms with Crippen LogP contribution in [-0.2, 0) is 9.59 Å². The van der Waals surface area contributed by atoms with Crippen molar-refractivity contribution in [1.29, 1.82) is 0 Å². The Morgan fingerprint density at radius 2 is 2.00 bits per heavy atom. The molecule has 4 nitrogen and oxygen atoms in total. The summed E-state index contributed by atoms with van der Waals surface area (Å²) in [5, 5.41) is 10.4. The number of aliphatic carboxylic acids is 1. The summed E-state index contributed by atoms with van der Waals surface area (Å²) < 4.78 is 37.1. The Kier molecular flexibility index (Phi) is 4.93. The third kappa shape index (κ3) is 4.90. The van der Waals surface area contributed by atoms with Crippen LogP contribution in [0.4, 0.5) is 13.2 Å². The maximum Gasteiger partial charge on any atom is 0.471 e. The Morgan fingerprint density at radius 1 is 1.37 bits per heavy atom. The minimum absolute atomic E-state index is 0.273.